The molecule has 1 aromatic heterocycles. The van der Waals surface area contributed by atoms with Gasteiger partial charge in [0.1, 0.15) is 11.6 Å². The maximum Gasteiger partial charge on any atom is 0.339 e. The van der Waals surface area contributed by atoms with Gasteiger partial charge < -0.3 is 21.9 Å². The van der Waals surface area contributed by atoms with Crippen LogP contribution in [0.25, 0.3) is 0 Å². The fraction of sp³-hybridized carbons (Fsp3) is 0.0833. The van der Waals surface area contributed by atoms with Crippen LogP contribution in [0.4, 0.5) is 17.3 Å². The predicted octanol–water partition coefficient (Wildman–Crippen LogP) is 1.16. The van der Waals surface area contributed by atoms with Gasteiger partial charge >= 0.3 is 5.97 Å². The molecule has 0 radical (unpaired) electrons. The van der Waals surface area contributed by atoms with Crippen LogP contribution < -0.4 is 17.2 Å². The van der Waals surface area contributed by atoms with E-state index in [-0.39, 0.29) is 11.6 Å². The van der Waals surface area contributed by atoms with E-state index in [0.717, 1.165) is 11.8 Å². The first-order valence-electron chi connectivity index (χ1n) is 5.56. The van der Waals surface area contributed by atoms with E-state index >= 15 is 0 Å². The molecule has 0 aliphatic heterocycles. The summed E-state index contributed by atoms with van der Waals surface area (Å²) >= 11 is 1.10. The van der Waals surface area contributed by atoms with Crippen LogP contribution in [0.2, 0.25) is 0 Å². The number of hydrogen-bond donors (Lipinski definition) is 3. The monoisotopic (exact) mass is 291 g/mol. The molecule has 0 saturated heterocycles. The number of carbonyl (C=O) groups excluding carboxylic acids is 1. The third kappa shape index (κ3) is 2.91. The Morgan fingerprint density at radius 3 is 2.45 bits per heavy atom. The number of anilines is 3. The number of ether oxygens (including phenoxy) is 1. The van der Waals surface area contributed by atoms with Crippen molar-refractivity contribution in [3.8, 4) is 0 Å². The Morgan fingerprint density at radius 1 is 1.20 bits per heavy atom. The SMILES string of the molecule is COC(=O)c1cccc(N)c1Sc1nc(N)cc(N)n1. The van der Waals surface area contributed by atoms with Crippen molar-refractivity contribution in [2.75, 3.05) is 24.3 Å². The van der Waals surface area contributed by atoms with Crippen LogP contribution in [-0.4, -0.2) is 23.0 Å². The third-order valence-electron chi connectivity index (χ3n) is 2.39. The van der Waals surface area contributed by atoms with Crippen molar-refractivity contribution >= 4 is 35.1 Å². The summed E-state index contributed by atoms with van der Waals surface area (Å²) < 4.78 is 4.72. The minimum absolute atomic E-state index is 0.245. The lowest BCUT2D eigenvalue weighted by Crippen LogP contribution is -2.06. The summed E-state index contributed by atoms with van der Waals surface area (Å²) in [6.45, 7) is 0. The number of nitrogen functional groups attached to an aromatic ring is 3. The van der Waals surface area contributed by atoms with Crippen LogP contribution in [-0.2, 0) is 4.74 Å². The summed E-state index contributed by atoms with van der Waals surface area (Å²) in [5.74, 6) is -0.0000776. The summed E-state index contributed by atoms with van der Waals surface area (Å²) in [7, 11) is 1.30. The molecule has 0 saturated carbocycles. The molecule has 1 aromatic carbocycles. The molecule has 2 aromatic rings. The summed E-state index contributed by atoms with van der Waals surface area (Å²) in [6, 6.07) is 6.39. The minimum atomic E-state index is -0.489. The van der Waals surface area contributed by atoms with E-state index in [1.165, 1.54) is 13.2 Å². The Hall–Kier alpha value is -2.48. The molecule has 6 N–H and O–H groups in total. The number of carbonyl (C=O) groups is 1. The first-order valence-corrected chi connectivity index (χ1v) is 6.37. The summed E-state index contributed by atoms with van der Waals surface area (Å²) in [5.41, 5.74) is 17.9. The maximum absolute atomic E-state index is 11.7. The molecule has 0 aliphatic rings. The Morgan fingerprint density at radius 2 is 1.85 bits per heavy atom. The number of hydrogen-bond acceptors (Lipinski definition) is 8. The van der Waals surface area contributed by atoms with Crippen LogP contribution >= 0.6 is 11.8 Å². The van der Waals surface area contributed by atoms with Gasteiger partial charge in [0, 0.05) is 11.8 Å². The van der Waals surface area contributed by atoms with E-state index in [1.54, 1.807) is 18.2 Å². The van der Waals surface area contributed by atoms with Crippen LogP contribution in [0.15, 0.2) is 34.3 Å². The van der Waals surface area contributed by atoms with Crippen LogP contribution in [0.1, 0.15) is 10.4 Å². The zero-order valence-corrected chi connectivity index (χ0v) is 11.5. The first-order chi connectivity index (χ1) is 9.51. The van der Waals surface area contributed by atoms with Crippen molar-refractivity contribution < 1.29 is 9.53 Å². The van der Waals surface area contributed by atoms with Crippen molar-refractivity contribution in [3.63, 3.8) is 0 Å². The molecule has 8 heteroatoms. The smallest absolute Gasteiger partial charge is 0.339 e. The van der Waals surface area contributed by atoms with E-state index in [2.05, 4.69) is 9.97 Å². The normalized spacial score (nSPS) is 10.2. The molecule has 0 amide bonds. The van der Waals surface area contributed by atoms with Gasteiger partial charge in [-0.25, -0.2) is 14.8 Å². The lowest BCUT2D eigenvalue weighted by molar-refractivity contribution is 0.0597. The van der Waals surface area contributed by atoms with Crippen molar-refractivity contribution in [1.29, 1.82) is 0 Å². The Kier molecular flexibility index (Phi) is 3.94. The number of methoxy groups -OCH3 is 1. The number of benzene rings is 1. The molecule has 0 atom stereocenters. The molecule has 0 aliphatic carbocycles. The number of nitrogens with two attached hydrogens (primary N) is 3. The van der Waals surface area contributed by atoms with Gasteiger partial charge in [0.05, 0.1) is 17.6 Å². The number of rotatable bonds is 3. The molecule has 104 valence electrons. The van der Waals surface area contributed by atoms with Crippen molar-refractivity contribution in [3.05, 3.63) is 29.8 Å². The van der Waals surface area contributed by atoms with Gasteiger partial charge in [-0.15, -0.1) is 0 Å². The molecule has 0 unspecified atom stereocenters. The molecular weight excluding hydrogens is 278 g/mol. The van der Waals surface area contributed by atoms with E-state index in [0.29, 0.717) is 21.3 Å². The fourth-order valence-corrected chi connectivity index (χ4v) is 2.47. The van der Waals surface area contributed by atoms with Gasteiger partial charge in [0.2, 0.25) is 0 Å². The van der Waals surface area contributed by atoms with Gasteiger partial charge in [-0.05, 0) is 23.9 Å². The summed E-state index contributed by atoms with van der Waals surface area (Å²) in [6.07, 6.45) is 0. The predicted molar refractivity (Wildman–Crippen MR) is 77.2 cm³/mol. The number of nitrogens with zero attached hydrogens (tertiary/aromatic N) is 2. The molecule has 0 spiro atoms. The molecular formula is C12H13N5O2S. The van der Waals surface area contributed by atoms with E-state index in [9.17, 15) is 4.79 Å². The van der Waals surface area contributed by atoms with Crippen LogP contribution in [0, 0.1) is 0 Å². The lowest BCUT2D eigenvalue weighted by Gasteiger charge is -2.09. The standard InChI is InChI=1S/C12H13N5O2S/c1-19-11(18)6-3-2-4-7(13)10(6)20-12-16-8(14)5-9(15)17-12/h2-5H,13H2,1H3,(H4,14,15,16,17). The second kappa shape index (κ2) is 5.66. The molecule has 2 rings (SSSR count). The van der Waals surface area contributed by atoms with Crippen molar-refractivity contribution in [2.45, 2.75) is 10.1 Å². The summed E-state index contributed by atoms with van der Waals surface area (Å²) in [4.78, 5) is 20.3. The minimum Gasteiger partial charge on any atom is -0.465 e. The van der Waals surface area contributed by atoms with Gasteiger partial charge in [-0.2, -0.15) is 0 Å². The number of esters is 1. The zero-order valence-electron chi connectivity index (χ0n) is 10.7. The van der Waals surface area contributed by atoms with Crippen LogP contribution in [0.5, 0.6) is 0 Å². The Labute approximate surface area is 119 Å². The summed E-state index contributed by atoms with van der Waals surface area (Å²) in [5, 5.41) is 0.311. The molecule has 7 nitrogen and oxygen atoms in total. The highest BCUT2D eigenvalue weighted by molar-refractivity contribution is 7.99. The Bertz CT molecular complexity index is 642. The van der Waals surface area contributed by atoms with Crippen molar-refractivity contribution in [2.24, 2.45) is 0 Å². The molecule has 1 heterocycles. The highest BCUT2D eigenvalue weighted by Crippen LogP contribution is 2.34. The Balaban J connectivity index is 2.44. The third-order valence-corrected chi connectivity index (χ3v) is 3.41. The van der Waals surface area contributed by atoms with Gasteiger partial charge in [-0.1, -0.05) is 6.07 Å². The number of aromatic nitrogens is 2. The highest BCUT2D eigenvalue weighted by Gasteiger charge is 2.16. The molecule has 0 fully saturated rings. The second-order valence-electron chi connectivity index (χ2n) is 3.82. The van der Waals surface area contributed by atoms with Crippen LogP contribution in [0.3, 0.4) is 0 Å². The molecule has 20 heavy (non-hydrogen) atoms. The second-order valence-corrected chi connectivity index (χ2v) is 4.80. The maximum atomic E-state index is 11.7. The van der Waals surface area contributed by atoms with E-state index < -0.39 is 5.97 Å². The average Bonchev–Trinajstić information content (AvgIpc) is 2.39. The van der Waals surface area contributed by atoms with E-state index in [4.69, 9.17) is 21.9 Å². The van der Waals surface area contributed by atoms with Gasteiger partial charge in [-0.3, -0.25) is 0 Å². The van der Waals surface area contributed by atoms with Gasteiger partial charge in [0.15, 0.2) is 5.16 Å². The quantitative estimate of drug-likeness (QED) is 0.436. The van der Waals surface area contributed by atoms with Crippen molar-refractivity contribution in [1.82, 2.24) is 9.97 Å². The average molecular weight is 291 g/mol. The molecule has 0 bridgehead atoms. The lowest BCUT2D eigenvalue weighted by atomic mass is 10.2. The largest absolute Gasteiger partial charge is 0.465 e. The topological polar surface area (TPSA) is 130 Å². The zero-order chi connectivity index (χ0) is 14.7. The fourth-order valence-electron chi connectivity index (χ4n) is 1.54. The highest BCUT2D eigenvalue weighted by atomic mass is 32.2. The first kappa shape index (κ1) is 13.9. The van der Waals surface area contributed by atoms with Gasteiger partial charge in [0.25, 0.3) is 0 Å². The van der Waals surface area contributed by atoms with E-state index in [1.807, 2.05) is 0 Å².